The minimum Gasteiger partial charge on any atom is -0.481 e. The van der Waals surface area contributed by atoms with Gasteiger partial charge in [0.1, 0.15) is 0 Å². The van der Waals surface area contributed by atoms with Gasteiger partial charge in [-0.05, 0) is 13.8 Å². The molecule has 8 heteroatoms. The molecular weight excluding hydrogens is 286 g/mol. The standard InChI is InChI=1S/C14H19N5O3/c1-9(12-7-15-18(3)10(12)2)17-14(22)11-6-16-19(8-11)5-4-13(20)21/h6-9H,4-5H2,1-3H3,(H,17,22)(H,20,21). The number of rotatable bonds is 6. The molecule has 2 aromatic rings. The molecule has 2 heterocycles. The summed E-state index contributed by atoms with van der Waals surface area (Å²) in [6.07, 6.45) is 4.67. The summed E-state index contributed by atoms with van der Waals surface area (Å²) in [6, 6.07) is -0.177. The van der Waals surface area contributed by atoms with E-state index in [0.29, 0.717) is 5.56 Å². The number of aliphatic carboxylic acids is 1. The first-order chi connectivity index (χ1) is 10.4. The highest BCUT2D eigenvalue weighted by molar-refractivity contribution is 5.93. The van der Waals surface area contributed by atoms with E-state index in [0.717, 1.165) is 11.3 Å². The molecule has 118 valence electrons. The van der Waals surface area contributed by atoms with Gasteiger partial charge in [-0.25, -0.2) is 0 Å². The fourth-order valence-electron chi connectivity index (χ4n) is 2.11. The quantitative estimate of drug-likeness (QED) is 0.825. The minimum atomic E-state index is -0.901. The van der Waals surface area contributed by atoms with Crippen molar-refractivity contribution in [2.24, 2.45) is 7.05 Å². The Morgan fingerprint density at radius 1 is 1.36 bits per heavy atom. The number of nitrogens with zero attached hydrogens (tertiary/aromatic N) is 4. The smallest absolute Gasteiger partial charge is 0.305 e. The predicted octanol–water partition coefficient (Wildman–Crippen LogP) is 0.891. The van der Waals surface area contributed by atoms with Crippen molar-refractivity contribution < 1.29 is 14.7 Å². The third-order valence-corrected chi connectivity index (χ3v) is 3.54. The SMILES string of the molecule is Cc1c(C(C)NC(=O)c2cnn(CCC(=O)O)c2)cnn1C. The van der Waals surface area contributed by atoms with Gasteiger partial charge in [0.25, 0.3) is 5.91 Å². The van der Waals surface area contributed by atoms with Crippen LogP contribution < -0.4 is 5.32 Å². The molecule has 0 spiro atoms. The van der Waals surface area contributed by atoms with E-state index in [1.165, 1.54) is 10.9 Å². The lowest BCUT2D eigenvalue weighted by atomic mass is 10.1. The third-order valence-electron chi connectivity index (χ3n) is 3.54. The van der Waals surface area contributed by atoms with Gasteiger partial charge in [0.05, 0.1) is 37.0 Å². The number of aromatic nitrogens is 4. The lowest BCUT2D eigenvalue weighted by Crippen LogP contribution is -2.26. The highest BCUT2D eigenvalue weighted by Gasteiger charge is 2.16. The van der Waals surface area contributed by atoms with Crippen LogP contribution in [0.1, 0.15) is 41.0 Å². The van der Waals surface area contributed by atoms with Crippen molar-refractivity contribution in [1.29, 1.82) is 0 Å². The molecule has 0 aliphatic rings. The molecule has 1 atom stereocenters. The van der Waals surface area contributed by atoms with Gasteiger partial charge in [-0.3, -0.25) is 19.0 Å². The second-order valence-corrected chi connectivity index (χ2v) is 5.14. The fourth-order valence-corrected chi connectivity index (χ4v) is 2.11. The van der Waals surface area contributed by atoms with Crippen molar-refractivity contribution in [3.63, 3.8) is 0 Å². The van der Waals surface area contributed by atoms with Crippen molar-refractivity contribution in [3.8, 4) is 0 Å². The molecule has 8 nitrogen and oxygen atoms in total. The number of aryl methyl sites for hydroxylation is 2. The average molecular weight is 305 g/mol. The zero-order valence-corrected chi connectivity index (χ0v) is 12.8. The van der Waals surface area contributed by atoms with E-state index >= 15 is 0 Å². The van der Waals surface area contributed by atoms with Crippen LogP contribution in [0.5, 0.6) is 0 Å². The number of carbonyl (C=O) groups excluding carboxylic acids is 1. The number of nitrogens with one attached hydrogen (secondary N) is 1. The zero-order chi connectivity index (χ0) is 16.3. The maximum absolute atomic E-state index is 12.2. The molecule has 2 rings (SSSR count). The summed E-state index contributed by atoms with van der Waals surface area (Å²) in [4.78, 5) is 22.7. The minimum absolute atomic E-state index is 0.0337. The predicted molar refractivity (Wildman–Crippen MR) is 78.3 cm³/mol. The summed E-state index contributed by atoms with van der Waals surface area (Å²) in [5.74, 6) is -1.15. The van der Waals surface area contributed by atoms with Gasteiger partial charge in [-0.15, -0.1) is 0 Å². The number of hydrogen-bond acceptors (Lipinski definition) is 4. The fraction of sp³-hybridized carbons (Fsp3) is 0.429. The molecule has 2 aromatic heterocycles. The van der Waals surface area contributed by atoms with E-state index in [-0.39, 0.29) is 24.9 Å². The topological polar surface area (TPSA) is 102 Å². The molecule has 1 amide bonds. The van der Waals surface area contributed by atoms with Crippen LogP contribution in [0.15, 0.2) is 18.6 Å². The van der Waals surface area contributed by atoms with Crippen LogP contribution in [0.4, 0.5) is 0 Å². The summed E-state index contributed by atoms with van der Waals surface area (Å²) in [5, 5.41) is 19.7. The van der Waals surface area contributed by atoms with Crippen molar-refractivity contribution >= 4 is 11.9 Å². The van der Waals surface area contributed by atoms with Crippen molar-refractivity contribution in [1.82, 2.24) is 24.9 Å². The first kappa shape index (κ1) is 15.7. The zero-order valence-electron chi connectivity index (χ0n) is 12.8. The van der Waals surface area contributed by atoms with Crippen molar-refractivity contribution in [2.45, 2.75) is 32.9 Å². The van der Waals surface area contributed by atoms with E-state index < -0.39 is 5.97 Å². The number of carboxylic acid groups (broad SMARTS) is 1. The summed E-state index contributed by atoms with van der Waals surface area (Å²) >= 11 is 0. The Kier molecular flexibility index (Phi) is 4.59. The Morgan fingerprint density at radius 3 is 2.68 bits per heavy atom. The van der Waals surface area contributed by atoms with Gasteiger partial charge in [-0.1, -0.05) is 0 Å². The van der Waals surface area contributed by atoms with Gasteiger partial charge < -0.3 is 10.4 Å². The Morgan fingerprint density at radius 2 is 2.09 bits per heavy atom. The molecule has 2 N–H and O–H groups in total. The highest BCUT2D eigenvalue weighted by atomic mass is 16.4. The second kappa shape index (κ2) is 6.42. The number of hydrogen-bond donors (Lipinski definition) is 2. The molecule has 0 saturated heterocycles. The van der Waals surface area contributed by atoms with Crippen LogP contribution in [0.25, 0.3) is 0 Å². The number of carbonyl (C=O) groups is 2. The van der Waals surface area contributed by atoms with Crippen LogP contribution in [-0.4, -0.2) is 36.5 Å². The van der Waals surface area contributed by atoms with Crippen LogP contribution in [-0.2, 0) is 18.4 Å². The Hall–Kier alpha value is -2.64. The molecule has 0 aliphatic carbocycles. The van der Waals surface area contributed by atoms with E-state index in [1.54, 1.807) is 17.1 Å². The van der Waals surface area contributed by atoms with E-state index in [1.807, 2.05) is 20.9 Å². The Bertz CT molecular complexity index is 688. The summed E-state index contributed by atoms with van der Waals surface area (Å²) in [6.45, 7) is 4.06. The van der Waals surface area contributed by atoms with Crippen molar-refractivity contribution in [3.05, 3.63) is 35.4 Å². The van der Waals surface area contributed by atoms with Gasteiger partial charge in [0, 0.05) is 24.5 Å². The number of amides is 1. The average Bonchev–Trinajstić information content (AvgIpc) is 3.05. The molecular formula is C14H19N5O3. The van der Waals surface area contributed by atoms with E-state index in [2.05, 4.69) is 15.5 Å². The van der Waals surface area contributed by atoms with E-state index in [4.69, 9.17) is 5.11 Å². The molecule has 0 saturated carbocycles. The monoisotopic (exact) mass is 305 g/mol. The van der Waals surface area contributed by atoms with Gasteiger partial charge in [-0.2, -0.15) is 10.2 Å². The van der Waals surface area contributed by atoms with Gasteiger partial charge in [0.2, 0.25) is 0 Å². The molecule has 0 fully saturated rings. The van der Waals surface area contributed by atoms with Crippen molar-refractivity contribution in [2.75, 3.05) is 0 Å². The first-order valence-corrected chi connectivity index (χ1v) is 6.92. The van der Waals surface area contributed by atoms with Crippen LogP contribution in [0.3, 0.4) is 0 Å². The maximum Gasteiger partial charge on any atom is 0.305 e. The Balaban J connectivity index is 2.00. The number of carboxylic acids is 1. The lowest BCUT2D eigenvalue weighted by Gasteiger charge is -2.12. The molecule has 0 aromatic carbocycles. The molecule has 0 radical (unpaired) electrons. The molecule has 1 unspecified atom stereocenters. The maximum atomic E-state index is 12.2. The normalized spacial score (nSPS) is 12.1. The van der Waals surface area contributed by atoms with Gasteiger partial charge in [0.15, 0.2) is 0 Å². The van der Waals surface area contributed by atoms with E-state index in [9.17, 15) is 9.59 Å². The van der Waals surface area contributed by atoms with Gasteiger partial charge >= 0.3 is 5.97 Å². The second-order valence-electron chi connectivity index (χ2n) is 5.14. The van der Waals surface area contributed by atoms with Crippen LogP contribution in [0.2, 0.25) is 0 Å². The van der Waals surface area contributed by atoms with Crippen LogP contribution in [0, 0.1) is 6.92 Å². The molecule has 22 heavy (non-hydrogen) atoms. The third kappa shape index (κ3) is 3.51. The first-order valence-electron chi connectivity index (χ1n) is 6.92. The largest absolute Gasteiger partial charge is 0.481 e. The molecule has 0 bridgehead atoms. The molecule has 0 aliphatic heterocycles. The summed E-state index contributed by atoms with van der Waals surface area (Å²) in [7, 11) is 1.85. The highest BCUT2D eigenvalue weighted by Crippen LogP contribution is 2.16. The summed E-state index contributed by atoms with van der Waals surface area (Å²) in [5.41, 5.74) is 2.35. The van der Waals surface area contributed by atoms with Crippen LogP contribution >= 0.6 is 0 Å². The lowest BCUT2D eigenvalue weighted by molar-refractivity contribution is -0.137. The Labute approximate surface area is 127 Å². The summed E-state index contributed by atoms with van der Waals surface area (Å²) < 4.78 is 3.20.